The zero-order chi connectivity index (χ0) is 25.3. The second kappa shape index (κ2) is 10.5. The molecule has 1 aliphatic heterocycles. The van der Waals surface area contributed by atoms with Gasteiger partial charge in [-0.15, -0.1) is 11.3 Å². The number of hydrogen-bond acceptors (Lipinski definition) is 7. The van der Waals surface area contributed by atoms with Gasteiger partial charge in [-0.05, 0) is 49.6 Å². The molecule has 5 rings (SSSR count). The number of halogens is 1. The summed E-state index contributed by atoms with van der Waals surface area (Å²) in [6.07, 6.45) is 1.04. The van der Waals surface area contributed by atoms with E-state index in [0.717, 1.165) is 21.6 Å². The molecule has 1 amide bonds. The molecule has 0 spiro atoms. The number of fused-ring (bicyclic) bond motifs is 1. The van der Waals surface area contributed by atoms with Gasteiger partial charge < -0.3 is 4.74 Å². The maximum Gasteiger partial charge on any atom is 0.253 e. The Kier molecular flexibility index (Phi) is 7.32. The maximum atomic E-state index is 14.1. The number of hydrogen-bond donors (Lipinski definition) is 0. The highest BCUT2D eigenvalue weighted by Crippen LogP contribution is 2.37. The summed E-state index contributed by atoms with van der Waals surface area (Å²) in [5, 5.41) is 0.509. The van der Waals surface area contributed by atoms with Gasteiger partial charge >= 0.3 is 0 Å². The molecule has 0 N–H and O–H groups in total. The Labute approximate surface area is 223 Å². The van der Waals surface area contributed by atoms with Gasteiger partial charge in [0.05, 0.1) is 22.2 Å². The number of carbonyl (C=O) groups excluding carboxylic acids is 1. The number of anilines is 1. The molecule has 0 aliphatic carbocycles. The highest BCUT2D eigenvalue weighted by atomic mass is 35.5. The van der Waals surface area contributed by atoms with Crippen LogP contribution in [0.4, 0.5) is 5.13 Å². The van der Waals surface area contributed by atoms with E-state index in [0.29, 0.717) is 40.2 Å². The number of thiophene rings is 1. The Hall–Kier alpha value is -2.50. The minimum atomic E-state index is -3.86. The minimum absolute atomic E-state index is 0.142. The number of benzene rings is 2. The average Bonchev–Trinajstić information content (AvgIpc) is 3.63. The molecule has 0 radical (unpaired) electrons. The van der Waals surface area contributed by atoms with E-state index in [4.69, 9.17) is 21.3 Å². The maximum absolute atomic E-state index is 14.1. The summed E-state index contributed by atoms with van der Waals surface area (Å²) in [5.74, 6) is 0.365. The Balaban J connectivity index is 1.54. The number of carbonyl (C=O) groups is 1. The first-order valence-corrected chi connectivity index (χ1v) is 15.0. The molecule has 11 heteroatoms. The average molecular weight is 562 g/mol. The second-order valence-corrected chi connectivity index (χ2v) is 13.1. The topological polar surface area (TPSA) is 79.8 Å². The van der Waals surface area contributed by atoms with E-state index in [2.05, 4.69) is 0 Å². The van der Waals surface area contributed by atoms with Crippen LogP contribution in [0.1, 0.15) is 25.3 Å². The fourth-order valence-corrected chi connectivity index (χ4v) is 8.56. The molecule has 2 aromatic heterocycles. The summed E-state index contributed by atoms with van der Waals surface area (Å²) in [5.41, 5.74) is 1.61. The summed E-state index contributed by atoms with van der Waals surface area (Å²) in [7, 11) is -3.86. The SMILES string of the molecule is CCOc1cccc2sc(N(Cc3ccccc3)C(=O)C3CCCN3S(=O)(=O)c3ccc(Cl)s3)nc12. The van der Waals surface area contributed by atoms with Crippen LogP contribution < -0.4 is 9.64 Å². The summed E-state index contributed by atoms with van der Waals surface area (Å²) >= 11 is 8.40. The lowest BCUT2D eigenvalue weighted by atomic mass is 10.1. The van der Waals surface area contributed by atoms with E-state index in [1.807, 2.05) is 55.5 Å². The van der Waals surface area contributed by atoms with Crippen molar-refractivity contribution < 1.29 is 17.9 Å². The van der Waals surface area contributed by atoms with Crippen molar-refractivity contribution in [3.8, 4) is 5.75 Å². The largest absolute Gasteiger partial charge is 0.492 e. The van der Waals surface area contributed by atoms with Crippen molar-refractivity contribution in [3.05, 3.63) is 70.6 Å². The highest BCUT2D eigenvalue weighted by molar-refractivity contribution is 7.91. The van der Waals surface area contributed by atoms with Crippen molar-refractivity contribution >= 4 is 65.6 Å². The third-order valence-corrected chi connectivity index (χ3v) is 10.6. The van der Waals surface area contributed by atoms with Gasteiger partial charge in [-0.2, -0.15) is 4.31 Å². The molecule has 188 valence electrons. The number of ether oxygens (including phenoxy) is 1. The molecule has 4 aromatic rings. The van der Waals surface area contributed by atoms with Gasteiger partial charge in [-0.1, -0.05) is 59.3 Å². The molecule has 0 saturated carbocycles. The Bertz CT molecular complexity index is 1490. The van der Waals surface area contributed by atoms with Crippen LogP contribution in [-0.4, -0.2) is 42.8 Å². The van der Waals surface area contributed by atoms with Crippen molar-refractivity contribution in [2.45, 2.75) is 36.6 Å². The summed E-state index contributed by atoms with van der Waals surface area (Å²) in [6, 6.07) is 17.6. The smallest absolute Gasteiger partial charge is 0.253 e. The quantitative estimate of drug-likeness (QED) is 0.272. The summed E-state index contributed by atoms with van der Waals surface area (Å²) in [6.45, 7) is 2.97. The lowest BCUT2D eigenvalue weighted by Gasteiger charge is -2.28. The molecule has 0 bridgehead atoms. The molecule has 1 fully saturated rings. The van der Waals surface area contributed by atoms with Crippen LogP contribution in [0.3, 0.4) is 0 Å². The van der Waals surface area contributed by atoms with E-state index in [1.165, 1.54) is 21.7 Å². The van der Waals surface area contributed by atoms with Gasteiger partial charge in [0.15, 0.2) is 5.13 Å². The van der Waals surface area contributed by atoms with Gasteiger partial charge in [-0.3, -0.25) is 9.69 Å². The van der Waals surface area contributed by atoms with Gasteiger partial charge in [-0.25, -0.2) is 13.4 Å². The Morgan fingerprint density at radius 1 is 1.14 bits per heavy atom. The van der Waals surface area contributed by atoms with Crippen LogP contribution in [0, 0.1) is 0 Å². The molecular formula is C25H24ClN3O4S3. The fourth-order valence-electron chi connectivity index (χ4n) is 4.31. The Morgan fingerprint density at radius 3 is 2.67 bits per heavy atom. The third kappa shape index (κ3) is 4.88. The summed E-state index contributed by atoms with van der Waals surface area (Å²) in [4.78, 5) is 20.5. The number of amides is 1. The van der Waals surface area contributed by atoms with Crippen molar-refractivity contribution in [1.82, 2.24) is 9.29 Å². The first-order valence-electron chi connectivity index (χ1n) is 11.5. The number of nitrogens with zero attached hydrogens (tertiary/aromatic N) is 3. The van der Waals surface area contributed by atoms with Crippen LogP contribution in [0.5, 0.6) is 5.75 Å². The second-order valence-electron chi connectivity index (χ2n) is 8.27. The lowest BCUT2D eigenvalue weighted by molar-refractivity contribution is -0.121. The lowest BCUT2D eigenvalue weighted by Crippen LogP contribution is -2.47. The first kappa shape index (κ1) is 25.2. The Morgan fingerprint density at radius 2 is 1.94 bits per heavy atom. The normalized spacial score (nSPS) is 16.4. The van der Waals surface area contributed by atoms with E-state index >= 15 is 0 Å². The molecule has 2 aromatic carbocycles. The zero-order valence-corrected chi connectivity index (χ0v) is 22.7. The van der Waals surface area contributed by atoms with E-state index in [-0.39, 0.29) is 23.2 Å². The van der Waals surface area contributed by atoms with Crippen LogP contribution >= 0.6 is 34.3 Å². The fraction of sp³-hybridized carbons (Fsp3) is 0.280. The number of para-hydroxylation sites is 1. The van der Waals surface area contributed by atoms with Crippen LogP contribution in [0.2, 0.25) is 4.34 Å². The third-order valence-electron chi connectivity index (χ3n) is 5.95. The van der Waals surface area contributed by atoms with Crippen molar-refractivity contribution in [1.29, 1.82) is 0 Å². The molecule has 1 atom stereocenters. The first-order chi connectivity index (χ1) is 17.4. The summed E-state index contributed by atoms with van der Waals surface area (Å²) < 4.78 is 35.3. The minimum Gasteiger partial charge on any atom is -0.492 e. The van der Waals surface area contributed by atoms with E-state index < -0.39 is 16.1 Å². The monoisotopic (exact) mass is 561 g/mol. The van der Waals surface area contributed by atoms with Gasteiger partial charge in [0, 0.05) is 6.54 Å². The molecular weight excluding hydrogens is 538 g/mol. The van der Waals surface area contributed by atoms with Crippen molar-refractivity contribution in [2.75, 3.05) is 18.1 Å². The molecule has 7 nitrogen and oxygen atoms in total. The van der Waals surface area contributed by atoms with Crippen LogP contribution in [0.15, 0.2) is 64.9 Å². The molecule has 36 heavy (non-hydrogen) atoms. The molecule has 3 heterocycles. The highest BCUT2D eigenvalue weighted by Gasteiger charge is 2.42. The predicted molar refractivity (Wildman–Crippen MR) is 145 cm³/mol. The predicted octanol–water partition coefficient (Wildman–Crippen LogP) is 5.80. The van der Waals surface area contributed by atoms with Crippen LogP contribution in [0.25, 0.3) is 10.2 Å². The van der Waals surface area contributed by atoms with Crippen molar-refractivity contribution in [3.63, 3.8) is 0 Å². The van der Waals surface area contributed by atoms with Crippen LogP contribution in [-0.2, 0) is 21.4 Å². The number of thiazole rings is 1. The number of aromatic nitrogens is 1. The molecule has 1 unspecified atom stereocenters. The van der Waals surface area contributed by atoms with E-state index in [1.54, 1.807) is 11.0 Å². The van der Waals surface area contributed by atoms with Gasteiger partial charge in [0.2, 0.25) is 5.91 Å². The number of sulfonamides is 1. The van der Waals surface area contributed by atoms with Crippen molar-refractivity contribution in [2.24, 2.45) is 0 Å². The molecule has 1 aliphatic rings. The van der Waals surface area contributed by atoms with Gasteiger partial charge in [0.1, 0.15) is 21.5 Å². The molecule has 1 saturated heterocycles. The van der Waals surface area contributed by atoms with E-state index in [9.17, 15) is 13.2 Å². The standard InChI is InChI=1S/C25H24ClN3O4S3/c1-2-33-19-11-6-12-20-23(19)27-25(34-20)28(16-17-8-4-3-5-9-17)24(30)18-10-7-15-29(18)36(31,32)22-14-13-21(26)35-22/h3-6,8-9,11-14,18H,2,7,10,15-16H2,1H3. The van der Waals surface area contributed by atoms with Gasteiger partial charge in [0.25, 0.3) is 10.0 Å². The zero-order valence-electron chi connectivity index (χ0n) is 19.5. The number of rotatable bonds is 8.